The number of methoxy groups -OCH3 is 1. The number of halogens is 1. The minimum atomic E-state index is -0.647. The van der Waals surface area contributed by atoms with Crippen molar-refractivity contribution in [1.82, 2.24) is 0 Å². The van der Waals surface area contributed by atoms with Crippen LogP contribution >= 0.6 is 0 Å². The molecule has 0 N–H and O–H groups in total. The first-order valence-corrected chi connectivity index (χ1v) is 8.53. The molecular formula is C21H19FO5. The molecule has 0 aliphatic heterocycles. The molecule has 0 fully saturated rings. The monoisotopic (exact) mass is 370 g/mol. The summed E-state index contributed by atoms with van der Waals surface area (Å²) >= 11 is 0. The number of fused-ring (bicyclic) bond motifs is 1. The molecule has 2 aromatic carbocycles. The zero-order valence-corrected chi connectivity index (χ0v) is 15.1. The molecule has 6 heteroatoms. The Hall–Kier alpha value is -3.15. The Kier molecular flexibility index (Phi) is 5.54. The smallest absolute Gasteiger partial charge is 0.310 e. The number of esters is 1. The zero-order valence-electron chi connectivity index (χ0n) is 15.1. The van der Waals surface area contributed by atoms with Gasteiger partial charge >= 0.3 is 5.97 Å². The Morgan fingerprint density at radius 2 is 1.96 bits per heavy atom. The van der Waals surface area contributed by atoms with Crippen molar-refractivity contribution in [2.75, 3.05) is 13.7 Å². The van der Waals surface area contributed by atoms with Crippen molar-refractivity contribution in [3.8, 4) is 5.75 Å². The van der Waals surface area contributed by atoms with E-state index < -0.39 is 24.2 Å². The van der Waals surface area contributed by atoms with Crippen LogP contribution in [0.25, 0.3) is 11.0 Å². The van der Waals surface area contributed by atoms with E-state index in [0.29, 0.717) is 11.1 Å². The van der Waals surface area contributed by atoms with E-state index in [1.54, 1.807) is 0 Å². The molecule has 0 spiro atoms. The molecule has 1 heterocycles. The minimum absolute atomic E-state index is 0.0112. The van der Waals surface area contributed by atoms with Gasteiger partial charge < -0.3 is 13.9 Å². The lowest BCUT2D eigenvalue weighted by Crippen LogP contribution is -2.15. The molecule has 3 aromatic rings. The van der Waals surface area contributed by atoms with E-state index in [9.17, 15) is 14.0 Å². The molecule has 0 aliphatic rings. The van der Waals surface area contributed by atoms with Crippen LogP contribution in [0.4, 0.5) is 4.39 Å². The Morgan fingerprint density at radius 1 is 1.15 bits per heavy atom. The SMILES string of the molecule is CCc1ccc2c(CC(=O)OCC(=O)c3ccc(OC)c(F)c3)coc2c1. The van der Waals surface area contributed by atoms with Crippen LogP contribution in [0.5, 0.6) is 5.75 Å². The highest BCUT2D eigenvalue weighted by Crippen LogP contribution is 2.23. The van der Waals surface area contributed by atoms with Crippen LogP contribution in [-0.4, -0.2) is 25.5 Å². The Labute approximate surface area is 155 Å². The summed E-state index contributed by atoms with van der Waals surface area (Å²) in [6.45, 7) is 1.59. The number of hydrogen-bond acceptors (Lipinski definition) is 5. The van der Waals surface area contributed by atoms with Crippen molar-refractivity contribution >= 4 is 22.7 Å². The van der Waals surface area contributed by atoms with Crippen molar-refractivity contribution in [3.05, 3.63) is 65.2 Å². The predicted molar refractivity (Wildman–Crippen MR) is 97.5 cm³/mol. The van der Waals surface area contributed by atoms with Gasteiger partial charge in [-0.05, 0) is 36.2 Å². The molecule has 0 radical (unpaired) electrons. The molecule has 0 saturated heterocycles. The molecule has 5 nitrogen and oxygen atoms in total. The van der Waals surface area contributed by atoms with E-state index >= 15 is 0 Å². The van der Waals surface area contributed by atoms with Gasteiger partial charge in [0.25, 0.3) is 0 Å². The van der Waals surface area contributed by atoms with Crippen molar-refractivity contribution in [1.29, 1.82) is 0 Å². The average molecular weight is 370 g/mol. The summed E-state index contributed by atoms with van der Waals surface area (Å²) < 4.78 is 29.0. The maximum atomic E-state index is 13.7. The molecule has 0 aliphatic carbocycles. The third kappa shape index (κ3) is 4.16. The maximum Gasteiger partial charge on any atom is 0.310 e. The maximum absolute atomic E-state index is 13.7. The summed E-state index contributed by atoms with van der Waals surface area (Å²) in [4.78, 5) is 24.2. The van der Waals surface area contributed by atoms with E-state index in [1.807, 2.05) is 25.1 Å². The fourth-order valence-electron chi connectivity index (χ4n) is 2.76. The first kappa shape index (κ1) is 18.6. The van der Waals surface area contributed by atoms with Crippen LogP contribution < -0.4 is 4.74 Å². The van der Waals surface area contributed by atoms with Gasteiger partial charge in [-0.1, -0.05) is 19.1 Å². The van der Waals surface area contributed by atoms with Gasteiger partial charge in [0.05, 0.1) is 19.8 Å². The van der Waals surface area contributed by atoms with Gasteiger partial charge in [-0.3, -0.25) is 9.59 Å². The highest BCUT2D eigenvalue weighted by molar-refractivity contribution is 5.98. The lowest BCUT2D eigenvalue weighted by atomic mass is 10.1. The van der Waals surface area contributed by atoms with Crippen molar-refractivity contribution in [2.24, 2.45) is 0 Å². The van der Waals surface area contributed by atoms with Gasteiger partial charge in [0.15, 0.2) is 24.0 Å². The molecule has 0 bridgehead atoms. The molecule has 140 valence electrons. The number of ether oxygens (including phenoxy) is 2. The number of benzene rings is 2. The topological polar surface area (TPSA) is 65.7 Å². The number of carbonyl (C=O) groups excluding carboxylic acids is 2. The Balaban J connectivity index is 1.61. The summed E-state index contributed by atoms with van der Waals surface area (Å²) in [6, 6.07) is 9.66. The van der Waals surface area contributed by atoms with E-state index in [4.69, 9.17) is 13.9 Å². The van der Waals surface area contributed by atoms with Gasteiger partial charge in [0.2, 0.25) is 0 Å². The summed E-state index contributed by atoms with van der Waals surface area (Å²) in [5.74, 6) is -1.65. The van der Waals surface area contributed by atoms with Crippen LogP contribution in [0.3, 0.4) is 0 Å². The largest absolute Gasteiger partial charge is 0.494 e. The van der Waals surface area contributed by atoms with Gasteiger partial charge in [0.1, 0.15) is 5.58 Å². The predicted octanol–water partition coefficient (Wildman–Crippen LogP) is 4.11. The van der Waals surface area contributed by atoms with Gasteiger partial charge in [0, 0.05) is 16.5 Å². The summed E-state index contributed by atoms with van der Waals surface area (Å²) in [6.07, 6.45) is 2.40. The third-order valence-corrected chi connectivity index (χ3v) is 4.30. The molecule has 27 heavy (non-hydrogen) atoms. The highest BCUT2D eigenvalue weighted by atomic mass is 19.1. The number of Topliss-reactive ketones (excluding diaryl/α,β-unsaturated/α-hetero) is 1. The van der Waals surface area contributed by atoms with Crippen LogP contribution in [-0.2, 0) is 22.4 Å². The van der Waals surface area contributed by atoms with Crippen LogP contribution in [0, 0.1) is 5.82 Å². The summed E-state index contributed by atoms with van der Waals surface area (Å²) in [7, 11) is 1.34. The molecule has 0 unspecified atom stereocenters. The Morgan fingerprint density at radius 3 is 2.67 bits per heavy atom. The van der Waals surface area contributed by atoms with Crippen LogP contribution in [0.15, 0.2) is 47.1 Å². The number of furan rings is 1. The molecule has 0 atom stereocenters. The number of carbonyl (C=O) groups is 2. The second-order valence-electron chi connectivity index (χ2n) is 6.05. The van der Waals surface area contributed by atoms with Crippen molar-refractivity contribution < 1.29 is 27.9 Å². The summed E-state index contributed by atoms with van der Waals surface area (Å²) in [5, 5.41) is 0.840. The number of rotatable bonds is 7. The van der Waals surface area contributed by atoms with Gasteiger partial charge in [-0.15, -0.1) is 0 Å². The molecule has 0 saturated carbocycles. The normalized spacial score (nSPS) is 10.8. The van der Waals surface area contributed by atoms with E-state index in [0.717, 1.165) is 23.4 Å². The average Bonchev–Trinajstić information content (AvgIpc) is 3.07. The van der Waals surface area contributed by atoms with Crippen LogP contribution in [0.2, 0.25) is 0 Å². The fraction of sp³-hybridized carbons (Fsp3) is 0.238. The lowest BCUT2D eigenvalue weighted by Gasteiger charge is -2.06. The molecule has 1 aromatic heterocycles. The number of hydrogen-bond donors (Lipinski definition) is 0. The molecular weight excluding hydrogens is 351 g/mol. The zero-order chi connectivity index (χ0) is 19.4. The molecule has 0 amide bonds. The van der Waals surface area contributed by atoms with Crippen molar-refractivity contribution in [3.63, 3.8) is 0 Å². The second-order valence-corrected chi connectivity index (χ2v) is 6.05. The van der Waals surface area contributed by atoms with Gasteiger partial charge in [-0.25, -0.2) is 4.39 Å². The lowest BCUT2D eigenvalue weighted by molar-refractivity contribution is -0.141. The standard InChI is InChI=1S/C21H19FO5/c1-3-13-4-6-16-15(11-26-20(16)8-13)10-21(24)27-12-18(23)14-5-7-19(25-2)17(22)9-14/h4-9,11H,3,10,12H2,1-2H3. The van der Waals surface area contributed by atoms with E-state index in [2.05, 4.69) is 0 Å². The van der Waals surface area contributed by atoms with Crippen molar-refractivity contribution in [2.45, 2.75) is 19.8 Å². The van der Waals surface area contributed by atoms with E-state index in [1.165, 1.54) is 25.5 Å². The number of ketones is 1. The highest BCUT2D eigenvalue weighted by Gasteiger charge is 2.15. The first-order valence-electron chi connectivity index (χ1n) is 8.53. The second kappa shape index (κ2) is 8.03. The fourth-order valence-corrected chi connectivity index (χ4v) is 2.76. The quantitative estimate of drug-likeness (QED) is 0.462. The summed E-state index contributed by atoms with van der Waals surface area (Å²) in [5.41, 5.74) is 2.66. The van der Waals surface area contributed by atoms with Crippen LogP contribution in [0.1, 0.15) is 28.4 Å². The Bertz CT molecular complexity index is 989. The minimum Gasteiger partial charge on any atom is -0.494 e. The van der Waals surface area contributed by atoms with E-state index in [-0.39, 0.29) is 17.7 Å². The molecule has 3 rings (SSSR count). The van der Waals surface area contributed by atoms with Gasteiger partial charge in [-0.2, -0.15) is 0 Å². The first-order chi connectivity index (χ1) is 13.0. The third-order valence-electron chi connectivity index (χ3n) is 4.30. The number of aryl methyl sites for hydroxylation is 1.